The summed E-state index contributed by atoms with van der Waals surface area (Å²) in [5, 5.41) is 2.85. The van der Waals surface area contributed by atoms with Crippen LogP contribution in [0.1, 0.15) is 57.8 Å². The molecule has 0 aromatic rings. The van der Waals surface area contributed by atoms with E-state index in [1.165, 1.54) is 32.1 Å². The molecule has 1 unspecified atom stereocenters. The number of hydrogen-bond donors (Lipinski definition) is 1. The fourth-order valence-corrected chi connectivity index (χ4v) is 4.91. The van der Waals surface area contributed by atoms with E-state index >= 15 is 0 Å². The third-order valence-corrected chi connectivity index (χ3v) is 6.11. The van der Waals surface area contributed by atoms with E-state index in [4.69, 9.17) is 0 Å². The Bertz CT molecular complexity index is 399. The molecular weight excluding hydrogens is 262 g/mol. The second-order valence-corrected chi connectivity index (χ2v) is 8.29. The molecule has 1 aliphatic carbocycles. The summed E-state index contributed by atoms with van der Waals surface area (Å²) in [6, 6.07) is -0.146. The molecule has 1 amide bonds. The SMILES string of the molecule is O=C(CCCC1CCCCC1)NC1CCS(=O)(=O)C1. The van der Waals surface area contributed by atoms with Crippen molar-refractivity contribution in [2.24, 2.45) is 5.92 Å². The fourth-order valence-electron chi connectivity index (χ4n) is 3.24. The molecule has 1 saturated carbocycles. The average molecular weight is 287 g/mol. The van der Waals surface area contributed by atoms with Gasteiger partial charge in [0.1, 0.15) is 0 Å². The third kappa shape index (κ3) is 5.13. The van der Waals surface area contributed by atoms with Crippen LogP contribution in [-0.4, -0.2) is 31.9 Å². The number of carbonyl (C=O) groups is 1. The molecule has 4 nitrogen and oxygen atoms in total. The van der Waals surface area contributed by atoms with Crippen LogP contribution in [0.4, 0.5) is 0 Å². The highest BCUT2D eigenvalue weighted by Crippen LogP contribution is 2.27. The Hall–Kier alpha value is -0.580. The molecule has 0 bridgehead atoms. The Kier molecular flexibility index (Phi) is 5.25. The van der Waals surface area contributed by atoms with Crippen molar-refractivity contribution in [2.45, 2.75) is 63.8 Å². The Balaban J connectivity index is 1.59. The highest BCUT2D eigenvalue weighted by atomic mass is 32.2. The lowest BCUT2D eigenvalue weighted by Gasteiger charge is -2.21. The van der Waals surface area contributed by atoms with Crippen LogP contribution in [0.3, 0.4) is 0 Å². The fraction of sp³-hybridized carbons (Fsp3) is 0.929. The summed E-state index contributed by atoms with van der Waals surface area (Å²) in [5.74, 6) is 1.19. The first-order valence-electron chi connectivity index (χ1n) is 7.55. The van der Waals surface area contributed by atoms with Crippen LogP contribution >= 0.6 is 0 Å². The zero-order chi connectivity index (χ0) is 13.7. The molecule has 0 radical (unpaired) electrons. The maximum absolute atomic E-state index is 11.7. The van der Waals surface area contributed by atoms with Gasteiger partial charge in [0.05, 0.1) is 11.5 Å². The molecular formula is C14H25NO3S. The van der Waals surface area contributed by atoms with E-state index < -0.39 is 9.84 Å². The van der Waals surface area contributed by atoms with Crippen LogP contribution < -0.4 is 5.32 Å². The molecule has 1 aliphatic heterocycles. The van der Waals surface area contributed by atoms with Crippen molar-refractivity contribution >= 4 is 15.7 Å². The van der Waals surface area contributed by atoms with E-state index in [0.717, 1.165) is 18.8 Å². The van der Waals surface area contributed by atoms with Crippen LogP contribution in [0.15, 0.2) is 0 Å². The van der Waals surface area contributed by atoms with Crippen molar-refractivity contribution < 1.29 is 13.2 Å². The van der Waals surface area contributed by atoms with Gasteiger partial charge in [-0.3, -0.25) is 4.79 Å². The van der Waals surface area contributed by atoms with Crippen molar-refractivity contribution in [3.8, 4) is 0 Å². The summed E-state index contributed by atoms with van der Waals surface area (Å²) in [7, 11) is -2.89. The van der Waals surface area contributed by atoms with Gasteiger partial charge in [0.25, 0.3) is 0 Å². The molecule has 1 atom stereocenters. The first-order chi connectivity index (χ1) is 9.05. The van der Waals surface area contributed by atoms with E-state index in [1.54, 1.807) is 0 Å². The van der Waals surface area contributed by atoms with Crippen molar-refractivity contribution in [1.29, 1.82) is 0 Å². The Morgan fingerprint density at radius 1 is 1.11 bits per heavy atom. The summed E-state index contributed by atoms with van der Waals surface area (Å²) in [5.41, 5.74) is 0. The molecule has 2 rings (SSSR count). The molecule has 19 heavy (non-hydrogen) atoms. The zero-order valence-electron chi connectivity index (χ0n) is 11.6. The van der Waals surface area contributed by atoms with Gasteiger partial charge < -0.3 is 5.32 Å². The number of amides is 1. The number of hydrogen-bond acceptors (Lipinski definition) is 3. The standard InChI is InChI=1S/C14H25NO3S/c16-14(15-13-9-10-19(17,18)11-13)8-4-7-12-5-2-1-3-6-12/h12-13H,1-11H2,(H,15,16). The molecule has 5 heteroatoms. The molecule has 0 spiro atoms. The predicted octanol–water partition coefficient (Wildman–Crippen LogP) is 2.04. The second-order valence-electron chi connectivity index (χ2n) is 6.06. The average Bonchev–Trinajstić information content (AvgIpc) is 2.70. The van der Waals surface area contributed by atoms with Crippen molar-refractivity contribution in [1.82, 2.24) is 5.32 Å². The molecule has 110 valence electrons. The Morgan fingerprint density at radius 3 is 2.47 bits per heavy atom. The van der Waals surface area contributed by atoms with E-state index in [2.05, 4.69) is 5.32 Å². The van der Waals surface area contributed by atoms with E-state index in [0.29, 0.717) is 12.8 Å². The highest BCUT2D eigenvalue weighted by molar-refractivity contribution is 7.91. The quantitative estimate of drug-likeness (QED) is 0.841. The third-order valence-electron chi connectivity index (χ3n) is 4.34. The Morgan fingerprint density at radius 2 is 1.84 bits per heavy atom. The van der Waals surface area contributed by atoms with Gasteiger partial charge in [-0.2, -0.15) is 0 Å². The minimum absolute atomic E-state index is 0.0258. The summed E-state index contributed by atoms with van der Waals surface area (Å²) < 4.78 is 22.6. The van der Waals surface area contributed by atoms with Gasteiger partial charge in [0, 0.05) is 12.5 Å². The van der Waals surface area contributed by atoms with Crippen molar-refractivity contribution in [3.63, 3.8) is 0 Å². The summed E-state index contributed by atoms with van der Waals surface area (Å²) in [6.07, 6.45) is 9.92. The lowest BCUT2D eigenvalue weighted by atomic mass is 9.86. The minimum Gasteiger partial charge on any atom is -0.352 e. The normalized spacial score (nSPS) is 27.3. The smallest absolute Gasteiger partial charge is 0.220 e. The molecule has 1 saturated heterocycles. The molecule has 0 aromatic heterocycles. The van der Waals surface area contributed by atoms with Crippen LogP contribution in [-0.2, 0) is 14.6 Å². The number of carbonyl (C=O) groups excluding carboxylic acids is 1. The number of rotatable bonds is 5. The van der Waals surface area contributed by atoms with Gasteiger partial charge in [-0.1, -0.05) is 32.1 Å². The number of nitrogens with one attached hydrogen (secondary N) is 1. The Labute approximate surface area is 116 Å². The largest absolute Gasteiger partial charge is 0.352 e. The monoisotopic (exact) mass is 287 g/mol. The maximum atomic E-state index is 11.7. The maximum Gasteiger partial charge on any atom is 0.220 e. The van der Waals surface area contributed by atoms with Crippen LogP contribution in [0, 0.1) is 5.92 Å². The topological polar surface area (TPSA) is 63.2 Å². The lowest BCUT2D eigenvalue weighted by molar-refractivity contribution is -0.121. The lowest BCUT2D eigenvalue weighted by Crippen LogP contribution is -2.35. The van der Waals surface area contributed by atoms with Crippen LogP contribution in [0.5, 0.6) is 0 Å². The summed E-state index contributed by atoms with van der Waals surface area (Å²) >= 11 is 0. The summed E-state index contributed by atoms with van der Waals surface area (Å²) in [6.45, 7) is 0. The molecule has 2 fully saturated rings. The van der Waals surface area contributed by atoms with Gasteiger partial charge in [-0.25, -0.2) is 8.42 Å². The van der Waals surface area contributed by atoms with Gasteiger partial charge in [-0.05, 0) is 25.2 Å². The molecule has 2 aliphatic rings. The van der Waals surface area contributed by atoms with Gasteiger partial charge >= 0.3 is 0 Å². The van der Waals surface area contributed by atoms with Crippen molar-refractivity contribution in [2.75, 3.05) is 11.5 Å². The molecule has 1 N–H and O–H groups in total. The van der Waals surface area contributed by atoms with Gasteiger partial charge in [-0.15, -0.1) is 0 Å². The van der Waals surface area contributed by atoms with Crippen LogP contribution in [0.2, 0.25) is 0 Å². The van der Waals surface area contributed by atoms with Crippen LogP contribution in [0.25, 0.3) is 0 Å². The number of sulfone groups is 1. The van der Waals surface area contributed by atoms with E-state index in [9.17, 15) is 13.2 Å². The zero-order valence-corrected chi connectivity index (χ0v) is 12.4. The minimum atomic E-state index is -2.89. The predicted molar refractivity (Wildman–Crippen MR) is 75.6 cm³/mol. The highest BCUT2D eigenvalue weighted by Gasteiger charge is 2.28. The van der Waals surface area contributed by atoms with E-state index in [1.807, 2.05) is 0 Å². The summed E-state index contributed by atoms with van der Waals surface area (Å²) in [4.78, 5) is 11.7. The van der Waals surface area contributed by atoms with E-state index in [-0.39, 0.29) is 23.5 Å². The second kappa shape index (κ2) is 6.73. The first kappa shape index (κ1) is 14.8. The van der Waals surface area contributed by atoms with Crippen molar-refractivity contribution in [3.05, 3.63) is 0 Å². The molecule has 1 heterocycles. The van der Waals surface area contributed by atoms with Gasteiger partial charge in [0.15, 0.2) is 9.84 Å². The van der Waals surface area contributed by atoms with Gasteiger partial charge in [0.2, 0.25) is 5.91 Å². The molecule has 0 aromatic carbocycles. The first-order valence-corrected chi connectivity index (χ1v) is 9.37.